The molecule has 1 atom stereocenters. The Labute approximate surface area is 178 Å². The average molecular weight is 422 g/mol. The number of amides is 2. The number of carbonyl (C=O) groups is 1. The fraction of sp³-hybridized carbons (Fsp3) is 0.273. The zero-order valence-corrected chi connectivity index (χ0v) is 17.7. The van der Waals surface area contributed by atoms with Gasteiger partial charge in [0.05, 0.1) is 6.04 Å². The minimum absolute atomic E-state index is 0.0471. The summed E-state index contributed by atoms with van der Waals surface area (Å²) in [5, 5.41) is 18.0. The van der Waals surface area contributed by atoms with Gasteiger partial charge >= 0.3 is 6.03 Å². The first-order valence-corrected chi connectivity index (χ1v) is 9.92. The minimum Gasteiger partial charge on any atom is -0.459 e. The van der Waals surface area contributed by atoms with Gasteiger partial charge in [-0.1, -0.05) is 26.0 Å². The smallest absolute Gasteiger partial charge is 0.319 e. The summed E-state index contributed by atoms with van der Waals surface area (Å²) in [6.07, 6.45) is 0. The molecule has 2 aromatic heterocycles. The van der Waals surface area contributed by atoms with E-state index in [0.29, 0.717) is 28.2 Å². The topological polar surface area (TPSA) is 97.9 Å². The average Bonchev–Trinajstić information content (AvgIpc) is 3.29. The van der Waals surface area contributed by atoms with Gasteiger partial charge < -0.3 is 15.1 Å². The van der Waals surface area contributed by atoms with Gasteiger partial charge in [0.15, 0.2) is 5.82 Å². The number of anilines is 1. The third-order valence-corrected chi connectivity index (χ3v) is 5.17. The first kappa shape index (κ1) is 20.5. The summed E-state index contributed by atoms with van der Waals surface area (Å²) < 4.78 is 21.2. The Morgan fingerprint density at radius 2 is 2.00 bits per heavy atom. The normalized spacial score (nSPS) is 12.3. The van der Waals surface area contributed by atoms with Gasteiger partial charge in [0.1, 0.15) is 17.2 Å². The maximum absolute atomic E-state index is 13.7. The van der Waals surface area contributed by atoms with Crippen LogP contribution in [0.4, 0.5) is 14.9 Å². The molecule has 8 nitrogen and oxygen atoms in total. The maximum atomic E-state index is 13.7. The number of urea groups is 1. The van der Waals surface area contributed by atoms with Crippen LogP contribution in [0.3, 0.4) is 0 Å². The van der Waals surface area contributed by atoms with E-state index in [1.807, 2.05) is 32.9 Å². The molecule has 0 saturated heterocycles. The van der Waals surface area contributed by atoms with E-state index in [1.54, 1.807) is 29.9 Å². The van der Waals surface area contributed by atoms with Crippen molar-refractivity contribution in [3.63, 3.8) is 0 Å². The molecule has 2 heterocycles. The lowest BCUT2D eigenvalue weighted by Crippen LogP contribution is -2.35. The van der Waals surface area contributed by atoms with Crippen molar-refractivity contribution in [2.45, 2.75) is 26.8 Å². The molecule has 0 aliphatic carbocycles. The number of fused-ring (bicyclic) bond motifs is 1. The van der Waals surface area contributed by atoms with Crippen LogP contribution < -0.4 is 10.6 Å². The number of aromatic nitrogens is 4. The largest absolute Gasteiger partial charge is 0.459 e. The minimum atomic E-state index is -0.387. The van der Waals surface area contributed by atoms with Crippen LogP contribution >= 0.6 is 0 Å². The standard InChI is InChI=1S/C22H23FN6O2/c1-12(2)19(20-13(3)17-11-15(23)8-9-18(17)31-20)25-22(30)24-16-7-5-6-14(10-16)21-26-27-28-29(21)4/h5-12,19H,1-4H3,(H2,24,25,30). The van der Waals surface area contributed by atoms with E-state index in [4.69, 9.17) is 4.42 Å². The molecule has 9 heteroatoms. The molecule has 0 aliphatic heterocycles. The summed E-state index contributed by atoms with van der Waals surface area (Å²) in [5.41, 5.74) is 2.78. The van der Waals surface area contributed by atoms with Crippen molar-refractivity contribution in [3.8, 4) is 11.4 Å². The number of nitrogens with zero attached hydrogens (tertiary/aromatic N) is 4. The van der Waals surface area contributed by atoms with Crippen LogP contribution in [0.25, 0.3) is 22.4 Å². The molecular weight excluding hydrogens is 399 g/mol. The van der Waals surface area contributed by atoms with Crippen molar-refractivity contribution in [1.82, 2.24) is 25.5 Å². The van der Waals surface area contributed by atoms with E-state index in [9.17, 15) is 9.18 Å². The van der Waals surface area contributed by atoms with Gasteiger partial charge in [0, 0.05) is 29.2 Å². The molecule has 1 unspecified atom stereocenters. The van der Waals surface area contributed by atoms with E-state index in [1.165, 1.54) is 12.1 Å². The SMILES string of the molecule is Cc1c(C(NC(=O)Nc2cccc(-c3nnnn3C)c2)C(C)C)oc2ccc(F)cc12. The Balaban J connectivity index is 1.55. The highest BCUT2D eigenvalue weighted by atomic mass is 19.1. The lowest BCUT2D eigenvalue weighted by Gasteiger charge is -2.21. The predicted molar refractivity (Wildman–Crippen MR) is 115 cm³/mol. The number of aryl methyl sites for hydroxylation is 2. The van der Waals surface area contributed by atoms with E-state index in [2.05, 4.69) is 26.2 Å². The lowest BCUT2D eigenvalue weighted by atomic mass is 9.98. The highest BCUT2D eigenvalue weighted by Crippen LogP contribution is 2.33. The summed E-state index contributed by atoms with van der Waals surface area (Å²) >= 11 is 0. The number of nitrogens with one attached hydrogen (secondary N) is 2. The van der Waals surface area contributed by atoms with Crippen LogP contribution in [0.1, 0.15) is 31.2 Å². The fourth-order valence-corrected chi connectivity index (χ4v) is 3.56. The number of rotatable bonds is 5. The number of benzene rings is 2. The number of hydrogen-bond acceptors (Lipinski definition) is 5. The molecule has 0 fully saturated rings. The Kier molecular flexibility index (Phi) is 5.41. The summed E-state index contributed by atoms with van der Waals surface area (Å²) in [6, 6.07) is 10.9. The fourth-order valence-electron chi connectivity index (χ4n) is 3.56. The van der Waals surface area contributed by atoms with Crippen LogP contribution in [-0.2, 0) is 7.05 Å². The maximum Gasteiger partial charge on any atom is 0.319 e. The van der Waals surface area contributed by atoms with Gasteiger partial charge in [0.25, 0.3) is 0 Å². The first-order chi connectivity index (χ1) is 14.8. The molecule has 31 heavy (non-hydrogen) atoms. The molecule has 0 spiro atoms. The Bertz CT molecular complexity index is 1250. The van der Waals surface area contributed by atoms with Crippen LogP contribution in [0.15, 0.2) is 46.9 Å². The Hall–Kier alpha value is -3.75. The first-order valence-electron chi connectivity index (χ1n) is 9.92. The van der Waals surface area contributed by atoms with Crippen molar-refractivity contribution < 1.29 is 13.6 Å². The highest BCUT2D eigenvalue weighted by molar-refractivity contribution is 5.90. The molecule has 4 aromatic rings. The molecule has 0 saturated carbocycles. The molecule has 2 N–H and O–H groups in total. The van der Waals surface area contributed by atoms with Gasteiger partial charge in [-0.25, -0.2) is 13.9 Å². The molecule has 2 aromatic carbocycles. The van der Waals surface area contributed by atoms with Gasteiger partial charge in [-0.3, -0.25) is 0 Å². The molecule has 2 amide bonds. The summed E-state index contributed by atoms with van der Waals surface area (Å²) in [6.45, 7) is 5.84. The van der Waals surface area contributed by atoms with Crippen molar-refractivity contribution in [2.24, 2.45) is 13.0 Å². The second kappa shape index (κ2) is 8.17. The quantitative estimate of drug-likeness (QED) is 0.490. The van der Waals surface area contributed by atoms with E-state index in [-0.39, 0.29) is 23.8 Å². The number of halogens is 1. The zero-order chi connectivity index (χ0) is 22.1. The summed E-state index contributed by atoms with van der Waals surface area (Å²) in [5.74, 6) is 0.928. The second-order valence-corrected chi connectivity index (χ2v) is 7.76. The third-order valence-electron chi connectivity index (χ3n) is 5.17. The van der Waals surface area contributed by atoms with E-state index in [0.717, 1.165) is 11.1 Å². The van der Waals surface area contributed by atoms with Crippen LogP contribution in [-0.4, -0.2) is 26.2 Å². The molecule has 0 aliphatic rings. The van der Waals surface area contributed by atoms with Crippen LogP contribution in [0, 0.1) is 18.7 Å². The Morgan fingerprint density at radius 1 is 1.19 bits per heavy atom. The van der Waals surface area contributed by atoms with Gasteiger partial charge in [-0.15, -0.1) is 5.10 Å². The van der Waals surface area contributed by atoms with Gasteiger partial charge in [-0.05, 0) is 53.6 Å². The summed E-state index contributed by atoms with van der Waals surface area (Å²) in [7, 11) is 1.75. The monoisotopic (exact) mass is 422 g/mol. The summed E-state index contributed by atoms with van der Waals surface area (Å²) in [4.78, 5) is 12.8. The predicted octanol–water partition coefficient (Wildman–Crippen LogP) is 4.59. The van der Waals surface area contributed by atoms with Gasteiger partial charge in [-0.2, -0.15) is 0 Å². The lowest BCUT2D eigenvalue weighted by molar-refractivity contribution is 0.241. The number of carbonyl (C=O) groups excluding carboxylic acids is 1. The molecule has 0 radical (unpaired) electrons. The van der Waals surface area contributed by atoms with Crippen LogP contribution in [0.2, 0.25) is 0 Å². The molecule has 4 rings (SSSR count). The van der Waals surface area contributed by atoms with Crippen molar-refractivity contribution in [3.05, 3.63) is 59.6 Å². The van der Waals surface area contributed by atoms with Crippen LogP contribution in [0.5, 0.6) is 0 Å². The van der Waals surface area contributed by atoms with Gasteiger partial charge in [0.2, 0.25) is 0 Å². The molecular formula is C22H23FN6O2. The van der Waals surface area contributed by atoms with Crippen molar-refractivity contribution in [1.29, 1.82) is 0 Å². The number of furan rings is 1. The number of tetrazole rings is 1. The molecule has 160 valence electrons. The third kappa shape index (κ3) is 4.11. The number of hydrogen-bond donors (Lipinski definition) is 2. The Morgan fingerprint density at radius 3 is 2.71 bits per heavy atom. The van der Waals surface area contributed by atoms with E-state index < -0.39 is 0 Å². The van der Waals surface area contributed by atoms with Crippen molar-refractivity contribution in [2.75, 3.05) is 5.32 Å². The highest BCUT2D eigenvalue weighted by Gasteiger charge is 2.25. The van der Waals surface area contributed by atoms with E-state index >= 15 is 0 Å². The van der Waals surface area contributed by atoms with Crippen molar-refractivity contribution >= 4 is 22.7 Å². The molecule has 0 bridgehead atoms. The second-order valence-electron chi connectivity index (χ2n) is 7.76. The zero-order valence-electron chi connectivity index (χ0n) is 17.7.